The van der Waals surface area contributed by atoms with E-state index >= 15 is 0 Å². The number of H-pyrrole nitrogens is 1. The fourth-order valence-electron chi connectivity index (χ4n) is 3.41. The van der Waals surface area contributed by atoms with Crippen molar-refractivity contribution in [3.8, 4) is 0 Å². The maximum Gasteiger partial charge on any atom is 0.270 e. The number of rotatable bonds is 2. The lowest BCUT2D eigenvalue weighted by molar-refractivity contribution is -0.0956. The third-order valence-electron chi connectivity index (χ3n) is 4.67. The van der Waals surface area contributed by atoms with E-state index in [-0.39, 0.29) is 12.2 Å². The van der Waals surface area contributed by atoms with E-state index in [9.17, 15) is 4.79 Å². The summed E-state index contributed by atoms with van der Waals surface area (Å²) in [5.41, 5.74) is 1.51. The molecule has 1 aromatic carbocycles. The van der Waals surface area contributed by atoms with Crippen LogP contribution in [0.5, 0.6) is 0 Å². The summed E-state index contributed by atoms with van der Waals surface area (Å²) in [5.74, 6) is 0.437. The standard InChI is InChI=1S/C17H19ClN2O3/c18-13-2-1-12-9-15(19-14(12)10-13)16(21)20-5-3-11(4-6-20)17-22-7-8-23-17/h1-2,9-11,17,19H,3-8H2. The molecule has 23 heavy (non-hydrogen) atoms. The van der Waals surface area contributed by atoms with E-state index in [1.165, 1.54) is 0 Å². The van der Waals surface area contributed by atoms with Crippen LogP contribution >= 0.6 is 11.6 Å². The van der Waals surface area contributed by atoms with Gasteiger partial charge in [-0.15, -0.1) is 0 Å². The molecule has 2 aromatic rings. The number of hydrogen-bond donors (Lipinski definition) is 1. The average Bonchev–Trinajstić information content (AvgIpc) is 3.23. The molecule has 0 unspecified atom stereocenters. The maximum absolute atomic E-state index is 12.7. The van der Waals surface area contributed by atoms with Gasteiger partial charge in [-0.1, -0.05) is 17.7 Å². The number of nitrogens with zero attached hydrogens (tertiary/aromatic N) is 1. The van der Waals surface area contributed by atoms with E-state index in [1.54, 1.807) is 0 Å². The zero-order valence-corrected chi connectivity index (χ0v) is 13.5. The molecule has 2 aliphatic rings. The molecule has 3 heterocycles. The Kier molecular flexibility index (Phi) is 4.01. The van der Waals surface area contributed by atoms with Crippen molar-refractivity contribution in [3.05, 3.63) is 35.0 Å². The summed E-state index contributed by atoms with van der Waals surface area (Å²) < 4.78 is 11.2. The second-order valence-electron chi connectivity index (χ2n) is 6.15. The number of hydrogen-bond acceptors (Lipinski definition) is 3. The number of aromatic amines is 1. The van der Waals surface area contributed by atoms with Crippen LogP contribution in [0.25, 0.3) is 10.9 Å². The molecule has 1 aromatic heterocycles. The second kappa shape index (κ2) is 6.15. The summed E-state index contributed by atoms with van der Waals surface area (Å²) in [6.45, 7) is 2.84. The van der Waals surface area contributed by atoms with E-state index in [0.29, 0.717) is 29.8 Å². The van der Waals surface area contributed by atoms with Gasteiger partial charge in [0.15, 0.2) is 6.29 Å². The summed E-state index contributed by atoms with van der Waals surface area (Å²) in [6.07, 6.45) is 1.76. The van der Waals surface area contributed by atoms with Crippen LogP contribution in [0, 0.1) is 5.92 Å². The Balaban J connectivity index is 1.44. The number of benzene rings is 1. The average molecular weight is 335 g/mol. The minimum absolute atomic E-state index is 0.0454. The van der Waals surface area contributed by atoms with E-state index in [2.05, 4.69) is 4.98 Å². The molecule has 0 aliphatic carbocycles. The van der Waals surface area contributed by atoms with Gasteiger partial charge in [-0.3, -0.25) is 4.79 Å². The van der Waals surface area contributed by atoms with Crippen LogP contribution < -0.4 is 0 Å². The minimum atomic E-state index is -0.0810. The lowest BCUT2D eigenvalue weighted by Gasteiger charge is -2.33. The molecule has 122 valence electrons. The lowest BCUT2D eigenvalue weighted by atomic mass is 9.96. The number of fused-ring (bicyclic) bond motifs is 1. The summed E-state index contributed by atoms with van der Waals surface area (Å²) >= 11 is 6.00. The number of piperidine rings is 1. The normalized spacial score (nSPS) is 20.5. The second-order valence-corrected chi connectivity index (χ2v) is 6.59. The molecule has 5 nitrogen and oxygen atoms in total. The first-order valence-corrected chi connectivity index (χ1v) is 8.39. The first-order chi connectivity index (χ1) is 11.2. The first-order valence-electron chi connectivity index (χ1n) is 8.01. The molecule has 2 fully saturated rings. The molecule has 4 rings (SSSR count). The molecule has 0 atom stereocenters. The Morgan fingerprint density at radius 2 is 1.91 bits per heavy atom. The summed E-state index contributed by atoms with van der Waals surface area (Å²) in [6, 6.07) is 7.49. The van der Waals surface area contributed by atoms with Gasteiger partial charge in [-0.05, 0) is 31.0 Å². The SMILES string of the molecule is O=C(c1cc2ccc(Cl)cc2[nH]1)N1CCC(C2OCCO2)CC1. The molecular formula is C17H19ClN2O3. The number of amides is 1. The molecule has 2 aliphatic heterocycles. The fraction of sp³-hybridized carbons (Fsp3) is 0.471. The highest BCUT2D eigenvalue weighted by Crippen LogP contribution is 2.27. The van der Waals surface area contributed by atoms with Crippen molar-refractivity contribution in [1.82, 2.24) is 9.88 Å². The Hall–Kier alpha value is -1.56. The molecule has 0 spiro atoms. The van der Waals surface area contributed by atoms with Gasteiger partial charge in [0, 0.05) is 34.9 Å². The van der Waals surface area contributed by atoms with Crippen LogP contribution in [0.3, 0.4) is 0 Å². The predicted octanol–water partition coefficient (Wildman–Crippen LogP) is 3.05. The largest absolute Gasteiger partial charge is 0.350 e. The van der Waals surface area contributed by atoms with Gasteiger partial charge in [0.2, 0.25) is 0 Å². The molecular weight excluding hydrogens is 316 g/mol. The van der Waals surface area contributed by atoms with Crippen molar-refractivity contribution >= 4 is 28.4 Å². The summed E-state index contributed by atoms with van der Waals surface area (Å²) in [7, 11) is 0. The Morgan fingerprint density at radius 3 is 2.65 bits per heavy atom. The van der Waals surface area contributed by atoms with Gasteiger partial charge >= 0.3 is 0 Å². The Bertz CT molecular complexity index is 716. The van der Waals surface area contributed by atoms with Gasteiger partial charge < -0.3 is 19.4 Å². The number of nitrogens with one attached hydrogen (secondary N) is 1. The predicted molar refractivity (Wildman–Crippen MR) is 87.6 cm³/mol. The molecule has 1 amide bonds. The molecule has 0 bridgehead atoms. The van der Waals surface area contributed by atoms with E-state index < -0.39 is 0 Å². The molecule has 0 radical (unpaired) electrons. The lowest BCUT2D eigenvalue weighted by Crippen LogP contribution is -2.41. The van der Waals surface area contributed by atoms with Gasteiger partial charge in [-0.25, -0.2) is 0 Å². The van der Waals surface area contributed by atoms with Crippen molar-refractivity contribution < 1.29 is 14.3 Å². The number of halogens is 1. The summed E-state index contributed by atoms with van der Waals surface area (Å²) in [5, 5.41) is 1.66. The van der Waals surface area contributed by atoms with Crippen molar-refractivity contribution in [3.63, 3.8) is 0 Å². The van der Waals surface area contributed by atoms with Crippen molar-refractivity contribution in [2.75, 3.05) is 26.3 Å². The number of carbonyl (C=O) groups is 1. The van der Waals surface area contributed by atoms with Crippen LogP contribution in [0.1, 0.15) is 23.3 Å². The topological polar surface area (TPSA) is 54.6 Å². The quantitative estimate of drug-likeness (QED) is 0.918. The maximum atomic E-state index is 12.7. The highest BCUT2D eigenvalue weighted by molar-refractivity contribution is 6.31. The van der Waals surface area contributed by atoms with Crippen LogP contribution in [-0.4, -0.2) is 48.4 Å². The fourth-order valence-corrected chi connectivity index (χ4v) is 3.58. The van der Waals surface area contributed by atoms with Crippen LogP contribution in [0.15, 0.2) is 24.3 Å². The monoisotopic (exact) mass is 334 g/mol. The highest BCUT2D eigenvalue weighted by atomic mass is 35.5. The van der Waals surface area contributed by atoms with Crippen molar-refractivity contribution in [2.24, 2.45) is 5.92 Å². The van der Waals surface area contributed by atoms with Gasteiger partial charge in [-0.2, -0.15) is 0 Å². The Labute approximate surface area is 139 Å². The van der Waals surface area contributed by atoms with Crippen LogP contribution in [0.2, 0.25) is 5.02 Å². The molecule has 0 saturated carbocycles. The molecule has 1 N–H and O–H groups in total. The van der Waals surface area contributed by atoms with Gasteiger partial charge in [0.1, 0.15) is 5.69 Å². The smallest absolute Gasteiger partial charge is 0.270 e. The van der Waals surface area contributed by atoms with E-state index in [4.69, 9.17) is 21.1 Å². The molecule has 2 saturated heterocycles. The number of aromatic nitrogens is 1. The third kappa shape index (κ3) is 2.96. The number of likely N-dealkylation sites (tertiary alicyclic amines) is 1. The first kappa shape index (κ1) is 15.0. The number of carbonyl (C=O) groups excluding carboxylic acids is 1. The van der Waals surface area contributed by atoms with Crippen molar-refractivity contribution in [1.29, 1.82) is 0 Å². The van der Waals surface area contributed by atoms with Gasteiger partial charge in [0.05, 0.1) is 13.2 Å². The van der Waals surface area contributed by atoms with Crippen LogP contribution in [0.4, 0.5) is 0 Å². The Morgan fingerprint density at radius 1 is 1.17 bits per heavy atom. The zero-order chi connectivity index (χ0) is 15.8. The van der Waals surface area contributed by atoms with Crippen molar-refractivity contribution in [2.45, 2.75) is 19.1 Å². The molecule has 6 heteroatoms. The zero-order valence-electron chi connectivity index (χ0n) is 12.8. The number of ether oxygens (including phenoxy) is 2. The van der Waals surface area contributed by atoms with E-state index in [1.807, 2.05) is 29.2 Å². The third-order valence-corrected chi connectivity index (χ3v) is 4.91. The highest BCUT2D eigenvalue weighted by Gasteiger charge is 2.32. The van der Waals surface area contributed by atoms with E-state index in [0.717, 1.165) is 36.8 Å². The summed E-state index contributed by atoms with van der Waals surface area (Å²) in [4.78, 5) is 17.8. The minimum Gasteiger partial charge on any atom is -0.350 e. The van der Waals surface area contributed by atoms with Crippen LogP contribution in [-0.2, 0) is 9.47 Å². The van der Waals surface area contributed by atoms with Gasteiger partial charge in [0.25, 0.3) is 5.91 Å².